The number of pyridine rings is 1. The van der Waals surface area contributed by atoms with Crippen LogP contribution in [0.15, 0.2) is 53.6 Å². The highest BCUT2D eigenvalue weighted by molar-refractivity contribution is 7.98. The van der Waals surface area contributed by atoms with Crippen molar-refractivity contribution >= 4 is 22.5 Å². The molecule has 0 bridgehead atoms. The van der Waals surface area contributed by atoms with Crippen molar-refractivity contribution in [1.82, 2.24) is 4.98 Å². The lowest BCUT2D eigenvalue weighted by molar-refractivity contribution is 0.184. The lowest BCUT2D eigenvalue weighted by Gasteiger charge is -2.11. The molecule has 3 aromatic rings. The molecule has 3 rings (SSSR count). The Hall–Kier alpha value is -2.35. The minimum atomic E-state index is 0.425. The Balaban J connectivity index is 1.93. The van der Waals surface area contributed by atoms with Crippen LogP contribution in [0.25, 0.3) is 10.8 Å². The lowest BCUT2D eigenvalue weighted by atomic mass is 10.1. The summed E-state index contributed by atoms with van der Waals surface area (Å²) in [7, 11) is 1.64. The molecule has 1 heterocycles. The van der Waals surface area contributed by atoms with Gasteiger partial charge in [-0.25, -0.2) is 4.98 Å². The number of nitrogens with zero attached hydrogens (tertiary/aromatic N) is 2. The van der Waals surface area contributed by atoms with Crippen LogP contribution in [-0.2, 0) is 17.1 Å². The van der Waals surface area contributed by atoms with Crippen LogP contribution in [-0.4, -0.2) is 12.1 Å². The highest BCUT2D eigenvalue weighted by Crippen LogP contribution is 2.30. The van der Waals surface area contributed by atoms with Crippen molar-refractivity contribution in [2.45, 2.75) is 24.3 Å². The van der Waals surface area contributed by atoms with Crippen LogP contribution in [0.3, 0.4) is 0 Å². The number of rotatable bonds is 5. The summed E-state index contributed by atoms with van der Waals surface area (Å²) in [5.41, 5.74) is 3.67. The Morgan fingerprint density at radius 1 is 1.12 bits per heavy atom. The number of nitriles is 1. The first-order valence-corrected chi connectivity index (χ1v) is 8.70. The number of ether oxygens (including phenoxy) is 1. The van der Waals surface area contributed by atoms with Crippen molar-refractivity contribution in [3.8, 4) is 6.07 Å². The zero-order valence-electron chi connectivity index (χ0n) is 13.7. The van der Waals surface area contributed by atoms with E-state index in [0.717, 1.165) is 22.0 Å². The summed E-state index contributed by atoms with van der Waals surface area (Å²) in [5, 5.41) is 12.8. The summed E-state index contributed by atoms with van der Waals surface area (Å²) in [6, 6.07) is 18.9. The molecule has 0 aliphatic carbocycles. The van der Waals surface area contributed by atoms with Gasteiger partial charge in [-0.3, -0.25) is 0 Å². The number of aryl methyl sites for hydroxylation is 1. The first-order chi connectivity index (χ1) is 11.7. The quantitative estimate of drug-likeness (QED) is 0.626. The molecule has 3 nitrogen and oxygen atoms in total. The summed E-state index contributed by atoms with van der Waals surface area (Å²) in [4.78, 5) is 4.57. The van der Waals surface area contributed by atoms with Gasteiger partial charge >= 0.3 is 0 Å². The fourth-order valence-electron chi connectivity index (χ4n) is 2.77. The average Bonchev–Trinajstić information content (AvgIpc) is 2.60. The van der Waals surface area contributed by atoms with Gasteiger partial charge in [-0.2, -0.15) is 5.26 Å². The molecule has 0 atom stereocenters. The summed E-state index contributed by atoms with van der Waals surface area (Å²) < 4.78 is 5.21. The molecule has 0 spiro atoms. The van der Waals surface area contributed by atoms with Crippen LogP contribution in [0, 0.1) is 18.3 Å². The van der Waals surface area contributed by atoms with Gasteiger partial charge in [0.2, 0.25) is 0 Å². The third-order valence-electron chi connectivity index (χ3n) is 3.85. The molecule has 0 aliphatic heterocycles. The number of benzene rings is 2. The fourth-order valence-corrected chi connectivity index (χ4v) is 3.84. The molecule has 1 aromatic heterocycles. The van der Waals surface area contributed by atoms with E-state index in [1.54, 1.807) is 18.9 Å². The normalized spacial score (nSPS) is 10.7. The van der Waals surface area contributed by atoms with Gasteiger partial charge in [0.25, 0.3) is 0 Å². The second-order valence-electron chi connectivity index (χ2n) is 5.57. The van der Waals surface area contributed by atoms with E-state index in [2.05, 4.69) is 47.5 Å². The Morgan fingerprint density at radius 3 is 2.71 bits per heavy atom. The van der Waals surface area contributed by atoms with E-state index in [1.165, 1.54) is 16.3 Å². The first-order valence-electron chi connectivity index (χ1n) is 7.72. The summed E-state index contributed by atoms with van der Waals surface area (Å²) in [6.45, 7) is 2.37. The van der Waals surface area contributed by atoms with Crippen LogP contribution in [0.2, 0.25) is 0 Å². The number of aromatic nitrogens is 1. The fraction of sp³-hybridized carbons (Fsp3) is 0.200. The van der Waals surface area contributed by atoms with Gasteiger partial charge in [0.05, 0.1) is 12.2 Å². The van der Waals surface area contributed by atoms with Crippen molar-refractivity contribution in [3.63, 3.8) is 0 Å². The molecule has 0 unspecified atom stereocenters. The van der Waals surface area contributed by atoms with Crippen LogP contribution < -0.4 is 0 Å². The third-order valence-corrected chi connectivity index (χ3v) is 4.88. The van der Waals surface area contributed by atoms with E-state index in [-0.39, 0.29) is 0 Å². The average molecular weight is 334 g/mol. The van der Waals surface area contributed by atoms with E-state index >= 15 is 0 Å². The molecule has 0 aliphatic rings. The topological polar surface area (TPSA) is 45.9 Å². The van der Waals surface area contributed by atoms with Crippen molar-refractivity contribution in [2.75, 3.05) is 7.11 Å². The van der Waals surface area contributed by atoms with Gasteiger partial charge in [0.15, 0.2) is 0 Å². The molecule has 0 saturated heterocycles. The van der Waals surface area contributed by atoms with Gasteiger partial charge in [-0.05, 0) is 34.9 Å². The second-order valence-corrected chi connectivity index (χ2v) is 6.54. The van der Waals surface area contributed by atoms with E-state index in [0.29, 0.717) is 12.2 Å². The summed E-state index contributed by atoms with van der Waals surface area (Å²) in [5.74, 6) is 0.777. The van der Waals surface area contributed by atoms with Gasteiger partial charge in [0, 0.05) is 18.6 Å². The van der Waals surface area contributed by atoms with Gasteiger partial charge in [0.1, 0.15) is 11.1 Å². The van der Waals surface area contributed by atoms with E-state index in [1.807, 2.05) is 19.1 Å². The molecule has 0 fully saturated rings. The summed E-state index contributed by atoms with van der Waals surface area (Å²) >= 11 is 1.60. The van der Waals surface area contributed by atoms with Gasteiger partial charge in [-0.15, -0.1) is 11.8 Å². The standard InChI is InChI=1S/C20H18N2OS/c1-14-10-17(12-23-2)19(11-21)20(22-14)24-13-16-8-5-7-15-6-3-4-9-18(15)16/h3-10H,12-13H2,1-2H3. The SMILES string of the molecule is COCc1cc(C)nc(SCc2cccc3ccccc23)c1C#N. The van der Waals surface area contributed by atoms with Crippen LogP contribution in [0.5, 0.6) is 0 Å². The predicted octanol–water partition coefficient (Wildman–Crippen LogP) is 4.85. The third kappa shape index (κ3) is 3.43. The maximum Gasteiger partial charge on any atom is 0.115 e. The molecule has 0 amide bonds. The zero-order chi connectivity index (χ0) is 16.9. The Kier molecular flexibility index (Phi) is 5.14. The van der Waals surface area contributed by atoms with Gasteiger partial charge < -0.3 is 4.74 Å². The lowest BCUT2D eigenvalue weighted by Crippen LogP contribution is -1.99. The molecular formula is C20H18N2OS. The minimum absolute atomic E-state index is 0.425. The Morgan fingerprint density at radius 2 is 1.92 bits per heavy atom. The van der Waals surface area contributed by atoms with Crippen molar-refractivity contribution in [2.24, 2.45) is 0 Å². The van der Waals surface area contributed by atoms with Crippen LogP contribution in [0.1, 0.15) is 22.4 Å². The first kappa shape index (κ1) is 16.5. The zero-order valence-corrected chi connectivity index (χ0v) is 14.6. The van der Waals surface area contributed by atoms with Crippen molar-refractivity contribution in [1.29, 1.82) is 5.26 Å². The second kappa shape index (κ2) is 7.48. The van der Waals surface area contributed by atoms with Crippen LogP contribution >= 0.6 is 11.8 Å². The van der Waals surface area contributed by atoms with E-state index < -0.39 is 0 Å². The predicted molar refractivity (Wildman–Crippen MR) is 97.9 cm³/mol. The molecule has 2 aromatic carbocycles. The number of thioether (sulfide) groups is 1. The molecule has 24 heavy (non-hydrogen) atoms. The largest absolute Gasteiger partial charge is 0.380 e. The highest BCUT2D eigenvalue weighted by atomic mass is 32.2. The number of hydrogen-bond donors (Lipinski definition) is 0. The van der Waals surface area contributed by atoms with Crippen LogP contribution in [0.4, 0.5) is 0 Å². The smallest absolute Gasteiger partial charge is 0.115 e. The number of methoxy groups -OCH3 is 1. The molecule has 120 valence electrons. The number of hydrogen-bond acceptors (Lipinski definition) is 4. The monoisotopic (exact) mass is 334 g/mol. The Bertz CT molecular complexity index is 910. The van der Waals surface area contributed by atoms with Crippen molar-refractivity contribution < 1.29 is 4.74 Å². The maximum atomic E-state index is 9.53. The molecule has 0 radical (unpaired) electrons. The molecule has 4 heteroatoms. The molecule has 0 N–H and O–H groups in total. The van der Waals surface area contributed by atoms with E-state index in [9.17, 15) is 5.26 Å². The molecule has 0 saturated carbocycles. The van der Waals surface area contributed by atoms with Crippen molar-refractivity contribution in [3.05, 3.63) is 70.9 Å². The highest BCUT2D eigenvalue weighted by Gasteiger charge is 2.12. The Labute approximate surface area is 146 Å². The van der Waals surface area contributed by atoms with E-state index in [4.69, 9.17) is 4.74 Å². The maximum absolute atomic E-state index is 9.53. The summed E-state index contributed by atoms with van der Waals surface area (Å²) in [6.07, 6.45) is 0. The number of fused-ring (bicyclic) bond motifs is 1. The molecular weight excluding hydrogens is 316 g/mol. The minimum Gasteiger partial charge on any atom is -0.380 e. The van der Waals surface area contributed by atoms with Gasteiger partial charge in [-0.1, -0.05) is 42.5 Å².